The van der Waals surface area contributed by atoms with Crippen molar-refractivity contribution in [3.8, 4) is 0 Å². The SMILES string of the molecule is CCCCC(C)(CC)c1cnc2ccoc2c1. The molecule has 0 fully saturated rings. The summed E-state index contributed by atoms with van der Waals surface area (Å²) in [7, 11) is 0. The fourth-order valence-corrected chi connectivity index (χ4v) is 2.27. The Morgan fingerprint density at radius 3 is 2.88 bits per heavy atom. The largest absolute Gasteiger partial charge is 0.463 e. The predicted octanol–water partition coefficient (Wildman–Crippen LogP) is 4.69. The lowest BCUT2D eigenvalue weighted by Gasteiger charge is -2.28. The van der Waals surface area contributed by atoms with Gasteiger partial charge in [0.25, 0.3) is 0 Å². The van der Waals surface area contributed by atoms with E-state index in [0.29, 0.717) is 0 Å². The van der Waals surface area contributed by atoms with Crippen LogP contribution in [0.1, 0.15) is 52.0 Å². The van der Waals surface area contributed by atoms with Crippen molar-refractivity contribution < 1.29 is 4.42 Å². The number of hydrogen-bond donors (Lipinski definition) is 0. The van der Waals surface area contributed by atoms with Crippen molar-refractivity contribution in [2.75, 3.05) is 0 Å². The van der Waals surface area contributed by atoms with Crippen molar-refractivity contribution >= 4 is 11.1 Å². The average Bonchev–Trinajstić information content (AvgIpc) is 2.83. The molecule has 0 saturated carbocycles. The van der Waals surface area contributed by atoms with E-state index in [4.69, 9.17) is 4.42 Å². The highest BCUT2D eigenvalue weighted by molar-refractivity contribution is 5.72. The second kappa shape index (κ2) is 4.91. The van der Waals surface area contributed by atoms with Gasteiger partial charge < -0.3 is 4.42 Å². The van der Waals surface area contributed by atoms with Crippen molar-refractivity contribution in [2.24, 2.45) is 0 Å². The van der Waals surface area contributed by atoms with Crippen LogP contribution in [0.3, 0.4) is 0 Å². The van der Waals surface area contributed by atoms with Crippen LogP contribution in [0.5, 0.6) is 0 Å². The van der Waals surface area contributed by atoms with Crippen molar-refractivity contribution in [3.63, 3.8) is 0 Å². The normalized spacial score (nSPS) is 15.0. The number of unbranched alkanes of at least 4 members (excludes halogenated alkanes) is 1. The molecule has 2 rings (SSSR count). The summed E-state index contributed by atoms with van der Waals surface area (Å²) in [5, 5.41) is 0. The van der Waals surface area contributed by atoms with E-state index < -0.39 is 0 Å². The zero-order valence-electron chi connectivity index (χ0n) is 11.0. The Labute approximate surface area is 103 Å². The Balaban J connectivity index is 2.34. The first-order valence-corrected chi connectivity index (χ1v) is 6.53. The molecular weight excluding hydrogens is 210 g/mol. The third-order valence-electron chi connectivity index (χ3n) is 3.86. The predicted molar refractivity (Wildman–Crippen MR) is 71.2 cm³/mol. The van der Waals surface area contributed by atoms with Gasteiger partial charge >= 0.3 is 0 Å². The zero-order chi connectivity index (χ0) is 12.3. The van der Waals surface area contributed by atoms with Crippen molar-refractivity contribution in [1.82, 2.24) is 4.98 Å². The van der Waals surface area contributed by atoms with Gasteiger partial charge in [0.2, 0.25) is 0 Å². The van der Waals surface area contributed by atoms with E-state index in [1.165, 1.54) is 24.8 Å². The molecule has 1 unspecified atom stereocenters. The highest BCUT2D eigenvalue weighted by Gasteiger charge is 2.24. The van der Waals surface area contributed by atoms with E-state index in [-0.39, 0.29) is 5.41 Å². The summed E-state index contributed by atoms with van der Waals surface area (Å²) >= 11 is 0. The molecule has 0 saturated heterocycles. The van der Waals surface area contributed by atoms with Gasteiger partial charge in [0.15, 0.2) is 5.58 Å². The van der Waals surface area contributed by atoms with Crippen LogP contribution in [0.4, 0.5) is 0 Å². The molecule has 2 aromatic rings. The van der Waals surface area contributed by atoms with Gasteiger partial charge in [-0.2, -0.15) is 0 Å². The van der Waals surface area contributed by atoms with Crippen LogP contribution in [0.25, 0.3) is 11.1 Å². The molecule has 0 N–H and O–H groups in total. The Morgan fingerprint density at radius 1 is 1.35 bits per heavy atom. The maximum atomic E-state index is 5.44. The molecular formula is C15H21NO. The highest BCUT2D eigenvalue weighted by Crippen LogP contribution is 2.33. The van der Waals surface area contributed by atoms with Crippen LogP contribution < -0.4 is 0 Å². The van der Waals surface area contributed by atoms with E-state index in [9.17, 15) is 0 Å². The second-order valence-corrected chi connectivity index (χ2v) is 5.05. The molecule has 2 heteroatoms. The fraction of sp³-hybridized carbons (Fsp3) is 0.533. The molecule has 0 spiro atoms. The third-order valence-corrected chi connectivity index (χ3v) is 3.86. The van der Waals surface area contributed by atoms with E-state index >= 15 is 0 Å². The van der Waals surface area contributed by atoms with E-state index in [0.717, 1.165) is 17.5 Å². The third kappa shape index (κ3) is 2.36. The second-order valence-electron chi connectivity index (χ2n) is 5.05. The summed E-state index contributed by atoms with van der Waals surface area (Å²) in [6, 6.07) is 4.07. The van der Waals surface area contributed by atoms with Crippen LogP contribution in [0.15, 0.2) is 29.0 Å². The van der Waals surface area contributed by atoms with Crippen molar-refractivity contribution in [3.05, 3.63) is 30.2 Å². The van der Waals surface area contributed by atoms with Gasteiger partial charge in [-0.25, -0.2) is 0 Å². The van der Waals surface area contributed by atoms with Crippen molar-refractivity contribution in [1.29, 1.82) is 0 Å². The highest BCUT2D eigenvalue weighted by atomic mass is 16.3. The fourth-order valence-electron chi connectivity index (χ4n) is 2.27. The molecule has 92 valence electrons. The van der Waals surface area contributed by atoms with Crippen LogP contribution >= 0.6 is 0 Å². The van der Waals surface area contributed by atoms with Gasteiger partial charge in [-0.1, -0.05) is 33.6 Å². The number of hydrogen-bond acceptors (Lipinski definition) is 2. The number of nitrogens with zero attached hydrogens (tertiary/aromatic N) is 1. The first-order valence-electron chi connectivity index (χ1n) is 6.53. The summed E-state index contributed by atoms with van der Waals surface area (Å²) in [4.78, 5) is 4.47. The number of pyridine rings is 1. The summed E-state index contributed by atoms with van der Waals surface area (Å²) in [5.74, 6) is 0. The maximum Gasteiger partial charge on any atom is 0.152 e. The minimum absolute atomic E-state index is 0.226. The van der Waals surface area contributed by atoms with Crippen LogP contribution in [0, 0.1) is 0 Å². The molecule has 0 aliphatic carbocycles. The molecule has 2 nitrogen and oxygen atoms in total. The molecule has 0 aliphatic heterocycles. The lowest BCUT2D eigenvalue weighted by Crippen LogP contribution is -2.20. The lowest BCUT2D eigenvalue weighted by atomic mass is 9.77. The molecule has 0 aliphatic rings. The monoisotopic (exact) mass is 231 g/mol. The Morgan fingerprint density at radius 2 is 2.18 bits per heavy atom. The first-order chi connectivity index (χ1) is 8.19. The molecule has 0 bridgehead atoms. The Kier molecular flexibility index (Phi) is 3.51. The van der Waals surface area contributed by atoms with Gasteiger partial charge in [-0.15, -0.1) is 0 Å². The first kappa shape index (κ1) is 12.2. The number of rotatable bonds is 5. The molecule has 1 atom stereocenters. The van der Waals surface area contributed by atoms with Gasteiger partial charge in [0.05, 0.1) is 6.26 Å². The summed E-state index contributed by atoms with van der Waals surface area (Å²) in [6.45, 7) is 6.82. The maximum absolute atomic E-state index is 5.44. The van der Waals surface area contributed by atoms with Crippen LogP contribution in [-0.4, -0.2) is 4.98 Å². The summed E-state index contributed by atoms with van der Waals surface area (Å²) in [5.41, 5.74) is 3.38. The smallest absolute Gasteiger partial charge is 0.152 e. The average molecular weight is 231 g/mol. The van der Waals surface area contributed by atoms with Crippen LogP contribution in [0.2, 0.25) is 0 Å². The van der Waals surface area contributed by atoms with Gasteiger partial charge in [0.1, 0.15) is 5.52 Å². The lowest BCUT2D eigenvalue weighted by molar-refractivity contribution is 0.402. The number of aromatic nitrogens is 1. The van der Waals surface area contributed by atoms with Crippen molar-refractivity contribution in [2.45, 2.75) is 51.9 Å². The van der Waals surface area contributed by atoms with Gasteiger partial charge in [-0.3, -0.25) is 4.98 Å². The molecule has 2 heterocycles. The minimum Gasteiger partial charge on any atom is -0.463 e. The summed E-state index contributed by atoms with van der Waals surface area (Å²) < 4.78 is 5.44. The minimum atomic E-state index is 0.226. The number of fused-ring (bicyclic) bond motifs is 1. The molecule has 0 radical (unpaired) electrons. The molecule has 2 aromatic heterocycles. The van der Waals surface area contributed by atoms with Gasteiger partial charge in [0, 0.05) is 12.3 Å². The Bertz CT molecular complexity index is 488. The number of furan rings is 1. The zero-order valence-corrected chi connectivity index (χ0v) is 11.0. The quantitative estimate of drug-likeness (QED) is 0.746. The van der Waals surface area contributed by atoms with E-state index in [2.05, 4.69) is 31.8 Å². The molecule has 0 aromatic carbocycles. The summed E-state index contributed by atoms with van der Waals surface area (Å²) in [6.07, 6.45) is 8.58. The Hall–Kier alpha value is -1.31. The van der Waals surface area contributed by atoms with Gasteiger partial charge in [-0.05, 0) is 29.9 Å². The standard InChI is InChI=1S/C15H21NO/c1-4-6-8-15(3,5-2)12-10-14-13(16-11-12)7-9-17-14/h7,9-11H,4-6,8H2,1-3H3. The van der Waals surface area contributed by atoms with E-state index in [1.54, 1.807) is 6.26 Å². The molecule has 0 amide bonds. The van der Waals surface area contributed by atoms with E-state index in [1.807, 2.05) is 12.3 Å². The topological polar surface area (TPSA) is 26.0 Å². The van der Waals surface area contributed by atoms with Crippen LogP contribution in [-0.2, 0) is 5.41 Å². The molecule has 17 heavy (non-hydrogen) atoms.